The largest absolute Gasteiger partial charge is 0.494 e. The smallest absolute Gasteiger partial charge is 0.227 e. The Bertz CT molecular complexity index is 499. The molecule has 1 aromatic rings. The molecule has 1 aliphatic rings. The molecule has 0 saturated carbocycles. The summed E-state index contributed by atoms with van der Waals surface area (Å²) in [6.07, 6.45) is 2.60. The third-order valence-corrected chi connectivity index (χ3v) is 4.06. The minimum Gasteiger partial charge on any atom is -0.494 e. The summed E-state index contributed by atoms with van der Waals surface area (Å²) in [6.45, 7) is 4.25. The summed E-state index contributed by atoms with van der Waals surface area (Å²) in [7, 11) is 1.45. The van der Waals surface area contributed by atoms with Crippen LogP contribution in [0.1, 0.15) is 25.3 Å². The van der Waals surface area contributed by atoms with Gasteiger partial charge in [0.2, 0.25) is 5.91 Å². The molecular formula is C16H23FN2O2. The zero-order chi connectivity index (χ0) is 15.3. The zero-order valence-corrected chi connectivity index (χ0v) is 12.7. The number of hydrogen-bond donors (Lipinski definition) is 2. The number of halogens is 1. The van der Waals surface area contributed by atoms with Gasteiger partial charge in [0.05, 0.1) is 12.5 Å². The predicted molar refractivity (Wildman–Crippen MR) is 79.9 cm³/mol. The number of ether oxygens (including phenoxy) is 1. The molecular weight excluding hydrogens is 271 g/mol. The molecule has 1 amide bonds. The quantitative estimate of drug-likeness (QED) is 0.872. The predicted octanol–water partition coefficient (Wildman–Crippen LogP) is 1.88. The van der Waals surface area contributed by atoms with Crippen molar-refractivity contribution in [1.82, 2.24) is 10.6 Å². The van der Waals surface area contributed by atoms with Crippen LogP contribution in [0.2, 0.25) is 0 Å². The molecule has 0 aromatic heterocycles. The average Bonchev–Trinajstić information content (AvgIpc) is 2.49. The normalized spacial score (nSPS) is 21.9. The molecule has 0 bridgehead atoms. The highest BCUT2D eigenvalue weighted by Gasteiger charge is 2.34. The molecule has 5 heteroatoms. The fourth-order valence-electron chi connectivity index (χ4n) is 2.64. The second-order valence-electron chi connectivity index (χ2n) is 5.82. The van der Waals surface area contributed by atoms with Crippen molar-refractivity contribution in [3.8, 4) is 5.75 Å². The molecule has 2 N–H and O–H groups in total. The SMILES string of the molecule is COc1cc(CCNC(=O)[C@@]2(C)CCCNC2)ccc1F. The molecule has 1 saturated heterocycles. The van der Waals surface area contributed by atoms with Crippen LogP contribution in [0.25, 0.3) is 0 Å². The summed E-state index contributed by atoms with van der Waals surface area (Å²) in [5.41, 5.74) is 0.624. The number of hydrogen-bond acceptors (Lipinski definition) is 3. The topological polar surface area (TPSA) is 50.4 Å². The van der Waals surface area contributed by atoms with E-state index in [2.05, 4.69) is 10.6 Å². The van der Waals surface area contributed by atoms with Crippen LogP contribution >= 0.6 is 0 Å². The number of piperidine rings is 1. The minimum absolute atomic E-state index is 0.0868. The van der Waals surface area contributed by atoms with Gasteiger partial charge in [-0.2, -0.15) is 0 Å². The van der Waals surface area contributed by atoms with Gasteiger partial charge in [-0.3, -0.25) is 4.79 Å². The first kappa shape index (κ1) is 15.8. The van der Waals surface area contributed by atoms with Crippen molar-refractivity contribution < 1.29 is 13.9 Å². The van der Waals surface area contributed by atoms with E-state index in [0.717, 1.165) is 31.5 Å². The third kappa shape index (κ3) is 3.94. The van der Waals surface area contributed by atoms with Crippen LogP contribution in [0.3, 0.4) is 0 Å². The number of rotatable bonds is 5. The van der Waals surface area contributed by atoms with E-state index in [9.17, 15) is 9.18 Å². The molecule has 0 spiro atoms. The first-order valence-corrected chi connectivity index (χ1v) is 7.36. The molecule has 1 heterocycles. The van der Waals surface area contributed by atoms with Gasteiger partial charge < -0.3 is 15.4 Å². The fraction of sp³-hybridized carbons (Fsp3) is 0.562. The van der Waals surface area contributed by atoms with E-state index < -0.39 is 0 Å². The molecule has 0 aliphatic carbocycles. The van der Waals surface area contributed by atoms with Gasteiger partial charge in [-0.15, -0.1) is 0 Å². The van der Waals surface area contributed by atoms with E-state index in [1.54, 1.807) is 12.1 Å². The van der Waals surface area contributed by atoms with E-state index in [1.165, 1.54) is 13.2 Å². The Kier molecular flexibility index (Phi) is 5.17. The van der Waals surface area contributed by atoms with E-state index in [1.807, 2.05) is 6.92 Å². The molecule has 0 radical (unpaired) electrons. The highest BCUT2D eigenvalue weighted by Crippen LogP contribution is 2.25. The Morgan fingerprint density at radius 3 is 3.00 bits per heavy atom. The summed E-state index contributed by atoms with van der Waals surface area (Å²) in [4.78, 5) is 12.3. The maximum atomic E-state index is 13.3. The van der Waals surface area contributed by atoms with Gasteiger partial charge in [-0.1, -0.05) is 6.07 Å². The van der Waals surface area contributed by atoms with E-state index >= 15 is 0 Å². The molecule has 1 aliphatic heterocycles. The molecule has 1 atom stereocenters. The zero-order valence-electron chi connectivity index (χ0n) is 12.7. The molecule has 2 rings (SSSR count). The van der Waals surface area contributed by atoms with E-state index in [-0.39, 0.29) is 22.9 Å². The Morgan fingerprint density at radius 1 is 1.52 bits per heavy atom. The van der Waals surface area contributed by atoms with Gasteiger partial charge in [0.25, 0.3) is 0 Å². The van der Waals surface area contributed by atoms with Crippen molar-refractivity contribution >= 4 is 5.91 Å². The second kappa shape index (κ2) is 6.89. The monoisotopic (exact) mass is 294 g/mol. The molecule has 1 fully saturated rings. The van der Waals surface area contributed by atoms with Crippen molar-refractivity contribution in [2.24, 2.45) is 5.41 Å². The number of benzene rings is 1. The molecule has 1 aromatic carbocycles. The summed E-state index contributed by atoms with van der Waals surface area (Å²) in [5.74, 6) is -0.0443. The van der Waals surface area contributed by atoms with Gasteiger partial charge in [-0.25, -0.2) is 4.39 Å². The summed E-state index contributed by atoms with van der Waals surface area (Å²) < 4.78 is 18.3. The molecule has 0 unspecified atom stereocenters. The average molecular weight is 294 g/mol. The van der Waals surface area contributed by atoms with Crippen LogP contribution < -0.4 is 15.4 Å². The van der Waals surface area contributed by atoms with Crippen molar-refractivity contribution in [3.05, 3.63) is 29.6 Å². The Morgan fingerprint density at radius 2 is 2.33 bits per heavy atom. The third-order valence-electron chi connectivity index (χ3n) is 4.06. The number of amides is 1. The highest BCUT2D eigenvalue weighted by atomic mass is 19.1. The van der Waals surface area contributed by atoms with E-state index in [0.29, 0.717) is 13.0 Å². The highest BCUT2D eigenvalue weighted by molar-refractivity contribution is 5.82. The minimum atomic E-state index is -0.369. The van der Waals surface area contributed by atoms with Crippen LogP contribution in [0.15, 0.2) is 18.2 Å². The molecule has 116 valence electrons. The Balaban J connectivity index is 1.85. The van der Waals surface area contributed by atoms with Crippen molar-refractivity contribution in [2.45, 2.75) is 26.2 Å². The van der Waals surface area contributed by atoms with Crippen LogP contribution in [0.5, 0.6) is 5.75 Å². The Hall–Kier alpha value is -1.62. The van der Waals surface area contributed by atoms with Gasteiger partial charge in [-0.05, 0) is 50.4 Å². The lowest BCUT2D eigenvalue weighted by Gasteiger charge is -2.32. The standard InChI is InChI=1S/C16H23FN2O2/c1-16(7-3-8-18-11-16)15(20)19-9-6-12-4-5-13(17)14(10-12)21-2/h4-5,10,18H,3,6-9,11H2,1-2H3,(H,19,20)/t16-/m0/s1. The number of carbonyl (C=O) groups is 1. The lowest BCUT2D eigenvalue weighted by molar-refractivity contribution is -0.131. The van der Waals surface area contributed by atoms with Gasteiger partial charge in [0, 0.05) is 13.1 Å². The van der Waals surface area contributed by atoms with Gasteiger partial charge >= 0.3 is 0 Å². The van der Waals surface area contributed by atoms with Crippen LogP contribution in [0, 0.1) is 11.2 Å². The summed E-state index contributed by atoms with van der Waals surface area (Å²) in [6, 6.07) is 4.78. The second-order valence-corrected chi connectivity index (χ2v) is 5.82. The summed E-state index contributed by atoms with van der Waals surface area (Å²) >= 11 is 0. The van der Waals surface area contributed by atoms with E-state index in [4.69, 9.17) is 4.74 Å². The summed E-state index contributed by atoms with van der Waals surface area (Å²) in [5, 5.41) is 6.25. The molecule has 4 nitrogen and oxygen atoms in total. The lowest BCUT2D eigenvalue weighted by Crippen LogP contribution is -2.49. The van der Waals surface area contributed by atoms with Gasteiger partial charge in [0.1, 0.15) is 0 Å². The lowest BCUT2D eigenvalue weighted by atomic mass is 9.82. The maximum Gasteiger partial charge on any atom is 0.227 e. The number of methoxy groups -OCH3 is 1. The number of carbonyl (C=O) groups excluding carboxylic acids is 1. The van der Waals surface area contributed by atoms with Crippen LogP contribution in [-0.2, 0) is 11.2 Å². The first-order chi connectivity index (χ1) is 10.0. The van der Waals surface area contributed by atoms with Crippen molar-refractivity contribution in [1.29, 1.82) is 0 Å². The Labute approximate surface area is 125 Å². The van der Waals surface area contributed by atoms with Crippen LogP contribution in [0.4, 0.5) is 4.39 Å². The fourth-order valence-corrected chi connectivity index (χ4v) is 2.64. The van der Waals surface area contributed by atoms with Crippen LogP contribution in [-0.4, -0.2) is 32.7 Å². The first-order valence-electron chi connectivity index (χ1n) is 7.36. The van der Waals surface area contributed by atoms with Gasteiger partial charge in [0.15, 0.2) is 11.6 Å². The molecule has 21 heavy (non-hydrogen) atoms. The van der Waals surface area contributed by atoms with Crippen molar-refractivity contribution in [2.75, 3.05) is 26.7 Å². The number of nitrogens with one attached hydrogen (secondary N) is 2. The maximum absolute atomic E-state index is 13.3. The van der Waals surface area contributed by atoms with Crippen molar-refractivity contribution in [3.63, 3.8) is 0 Å².